The summed E-state index contributed by atoms with van der Waals surface area (Å²) in [6.45, 7) is 1.28. The Bertz CT molecular complexity index is 823. The summed E-state index contributed by atoms with van der Waals surface area (Å²) >= 11 is 1.32. The van der Waals surface area contributed by atoms with Gasteiger partial charge in [-0.05, 0) is 43.9 Å². The maximum Gasteiger partial charge on any atom is 0.263 e. The molecule has 136 valence electrons. The van der Waals surface area contributed by atoms with Crippen molar-refractivity contribution >= 4 is 23.2 Å². The minimum absolute atomic E-state index is 0.00967. The van der Waals surface area contributed by atoms with Gasteiger partial charge in [0.1, 0.15) is 5.82 Å². The highest BCUT2D eigenvalue weighted by atomic mass is 32.1. The van der Waals surface area contributed by atoms with E-state index < -0.39 is 0 Å². The normalized spacial score (nSPS) is 18.0. The molecular formula is C20H21FN2O2S. The van der Waals surface area contributed by atoms with Crippen LogP contribution in [0.15, 0.2) is 36.4 Å². The molecular weight excluding hydrogens is 351 g/mol. The van der Waals surface area contributed by atoms with Gasteiger partial charge in [0, 0.05) is 35.5 Å². The van der Waals surface area contributed by atoms with Crippen molar-refractivity contribution in [3.05, 3.63) is 47.1 Å². The van der Waals surface area contributed by atoms with Gasteiger partial charge in [-0.15, -0.1) is 11.3 Å². The second kappa shape index (κ2) is 7.19. The lowest BCUT2D eigenvalue weighted by Crippen LogP contribution is -2.46. The number of amides is 2. The third kappa shape index (κ3) is 3.65. The van der Waals surface area contributed by atoms with Crippen LogP contribution in [-0.4, -0.2) is 35.8 Å². The molecule has 0 unspecified atom stereocenters. The van der Waals surface area contributed by atoms with E-state index in [2.05, 4.69) is 5.32 Å². The first-order valence-corrected chi connectivity index (χ1v) is 9.88. The van der Waals surface area contributed by atoms with Crippen molar-refractivity contribution in [2.75, 3.05) is 13.1 Å². The lowest BCUT2D eigenvalue weighted by Gasteiger charge is -2.32. The van der Waals surface area contributed by atoms with E-state index in [-0.39, 0.29) is 29.6 Å². The zero-order chi connectivity index (χ0) is 18.1. The number of nitrogens with zero attached hydrogens (tertiary/aromatic N) is 1. The molecule has 0 atom stereocenters. The van der Waals surface area contributed by atoms with Gasteiger partial charge < -0.3 is 10.2 Å². The molecule has 26 heavy (non-hydrogen) atoms. The highest BCUT2D eigenvalue weighted by Gasteiger charge is 2.32. The van der Waals surface area contributed by atoms with Gasteiger partial charge in [-0.3, -0.25) is 9.59 Å². The van der Waals surface area contributed by atoms with Crippen LogP contribution in [0, 0.1) is 11.7 Å². The van der Waals surface area contributed by atoms with E-state index in [0.29, 0.717) is 23.5 Å². The van der Waals surface area contributed by atoms with Crippen molar-refractivity contribution in [2.45, 2.75) is 31.7 Å². The third-order valence-corrected chi connectivity index (χ3v) is 6.14. The number of carbonyl (C=O) groups is 2. The fourth-order valence-electron chi connectivity index (χ4n) is 3.31. The van der Waals surface area contributed by atoms with Gasteiger partial charge in [-0.25, -0.2) is 4.39 Å². The van der Waals surface area contributed by atoms with Crippen molar-refractivity contribution in [1.29, 1.82) is 0 Å². The number of thiophene rings is 1. The molecule has 2 aliphatic rings. The molecule has 2 amide bonds. The molecule has 1 saturated heterocycles. The molecule has 4 rings (SSSR count). The Morgan fingerprint density at radius 1 is 1.04 bits per heavy atom. The predicted octanol–water partition coefficient (Wildman–Crippen LogP) is 3.69. The van der Waals surface area contributed by atoms with Gasteiger partial charge in [0.2, 0.25) is 5.91 Å². The second-order valence-corrected chi connectivity index (χ2v) is 8.08. The summed E-state index contributed by atoms with van der Waals surface area (Å²) in [6, 6.07) is 10.4. The summed E-state index contributed by atoms with van der Waals surface area (Å²) in [5.74, 6) is 0.102. The van der Waals surface area contributed by atoms with E-state index in [4.69, 9.17) is 0 Å². The van der Waals surface area contributed by atoms with Crippen LogP contribution in [0.5, 0.6) is 0 Å². The average Bonchev–Trinajstić information content (AvgIpc) is 3.40. The molecule has 1 aliphatic heterocycles. The molecule has 1 N–H and O–H groups in total. The van der Waals surface area contributed by atoms with Crippen LogP contribution in [-0.2, 0) is 4.79 Å². The Morgan fingerprint density at radius 3 is 2.46 bits per heavy atom. The van der Waals surface area contributed by atoms with Crippen LogP contribution in [0.3, 0.4) is 0 Å². The summed E-state index contributed by atoms with van der Waals surface area (Å²) in [6.07, 6.45) is 3.59. The molecule has 1 aromatic carbocycles. The SMILES string of the molecule is O=C(NC1CCN(C(=O)c2ccc(-c3ccccc3F)s2)CC1)C1CC1. The Hall–Kier alpha value is -2.21. The molecule has 0 spiro atoms. The maximum atomic E-state index is 13.9. The van der Waals surface area contributed by atoms with Crippen LogP contribution in [0.25, 0.3) is 10.4 Å². The van der Waals surface area contributed by atoms with Gasteiger partial charge in [0.25, 0.3) is 5.91 Å². The largest absolute Gasteiger partial charge is 0.353 e. The zero-order valence-electron chi connectivity index (χ0n) is 14.4. The molecule has 1 aliphatic carbocycles. The predicted molar refractivity (Wildman–Crippen MR) is 99.5 cm³/mol. The summed E-state index contributed by atoms with van der Waals surface area (Å²) in [5, 5.41) is 3.10. The van der Waals surface area contributed by atoms with E-state index in [1.807, 2.05) is 4.90 Å². The van der Waals surface area contributed by atoms with Crippen molar-refractivity contribution in [1.82, 2.24) is 10.2 Å². The zero-order valence-corrected chi connectivity index (χ0v) is 15.2. The van der Waals surface area contributed by atoms with Crippen molar-refractivity contribution < 1.29 is 14.0 Å². The van der Waals surface area contributed by atoms with E-state index in [1.54, 1.807) is 30.3 Å². The van der Waals surface area contributed by atoms with Gasteiger partial charge >= 0.3 is 0 Å². The number of nitrogens with one attached hydrogen (secondary N) is 1. The quantitative estimate of drug-likeness (QED) is 0.890. The molecule has 2 aromatic rings. The number of hydrogen-bond acceptors (Lipinski definition) is 3. The minimum Gasteiger partial charge on any atom is -0.353 e. The van der Waals surface area contributed by atoms with E-state index >= 15 is 0 Å². The van der Waals surface area contributed by atoms with Crippen LogP contribution >= 0.6 is 11.3 Å². The van der Waals surface area contributed by atoms with Gasteiger partial charge in [-0.2, -0.15) is 0 Å². The molecule has 0 radical (unpaired) electrons. The Morgan fingerprint density at radius 2 is 1.77 bits per heavy atom. The molecule has 2 heterocycles. The first kappa shape index (κ1) is 17.2. The maximum absolute atomic E-state index is 13.9. The minimum atomic E-state index is -0.277. The monoisotopic (exact) mass is 372 g/mol. The summed E-state index contributed by atoms with van der Waals surface area (Å²) in [7, 11) is 0. The van der Waals surface area contributed by atoms with Gasteiger partial charge in [0.15, 0.2) is 0 Å². The lowest BCUT2D eigenvalue weighted by molar-refractivity contribution is -0.123. The fraction of sp³-hybridized carbons (Fsp3) is 0.400. The van der Waals surface area contributed by atoms with Crippen molar-refractivity contribution in [2.24, 2.45) is 5.92 Å². The fourth-order valence-corrected chi connectivity index (χ4v) is 4.31. The molecule has 0 bridgehead atoms. The summed E-state index contributed by atoms with van der Waals surface area (Å²) < 4.78 is 13.9. The first-order valence-electron chi connectivity index (χ1n) is 9.06. The standard InChI is InChI=1S/C20H21FN2O2S/c21-16-4-2-1-3-15(16)17-7-8-18(26-17)20(25)23-11-9-14(10-12-23)22-19(24)13-5-6-13/h1-4,7-8,13-14H,5-6,9-12H2,(H,22,24). The number of hydrogen-bond donors (Lipinski definition) is 1. The van der Waals surface area contributed by atoms with E-state index in [9.17, 15) is 14.0 Å². The third-order valence-electron chi connectivity index (χ3n) is 5.03. The van der Waals surface area contributed by atoms with E-state index in [1.165, 1.54) is 17.4 Å². The number of piperidine rings is 1. The van der Waals surface area contributed by atoms with Gasteiger partial charge in [-0.1, -0.05) is 18.2 Å². The number of benzene rings is 1. The van der Waals surface area contributed by atoms with Gasteiger partial charge in [0.05, 0.1) is 4.88 Å². The van der Waals surface area contributed by atoms with Crippen molar-refractivity contribution in [3.63, 3.8) is 0 Å². The molecule has 1 aromatic heterocycles. The molecule has 4 nitrogen and oxygen atoms in total. The number of likely N-dealkylation sites (tertiary alicyclic amines) is 1. The van der Waals surface area contributed by atoms with E-state index in [0.717, 1.165) is 30.6 Å². The summed E-state index contributed by atoms with van der Waals surface area (Å²) in [5.41, 5.74) is 0.526. The Kier molecular flexibility index (Phi) is 4.76. The lowest BCUT2D eigenvalue weighted by atomic mass is 10.0. The Balaban J connectivity index is 1.37. The van der Waals surface area contributed by atoms with Crippen molar-refractivity contribution in [3.8, 4) is 10.4 Å². The molecule has 1 saturated carbocycles. The molecule has 2 fully saturated rings. The smallest absolute Gasteiger partial charge is 0.263 e. The number of carbonyl (C=O) groups excluding carboxylic acids is 2. The van der Waals surface area contributed by atoms with Crippen LogP contribution < -0.4 is 5.32 Å². The van der Waals surface area contributed by atoms with Crippen LogP contribution in [0.4, 0.5) is 4.39 Å². The number of halogens is 1. The topological polar surface area (TPSA) is 49.4 Å². The first-order chi connectivity index (χ1) is 12.6. The second-order valence-electron chi connectivity index (χ2n) is 6.99. The van der Waals surface area contributed by atoms with Crippen LogP contribution in [0.2, 0.25) is 0 Å². The average molecular weight is 372 g/mol. The summed E-state index contributed by atoms with van der Waals surface area (Å²) in [4.78, 5) is 27.8. The highest BCUT2D eigenvalue weighted by Crippen LogP contribution is 2.31. The molecule has 6 heteroatoms. The van der Waals surface area contributed by atoms with Crippen LogP contribution in [0.1, 0.15) is 35.4 Å². The number of rotatable bonds is 4. The highest BCUT2D eigenvalue weighted by molar-refractivity contribution is 7.17. The Labute approximate surface area is 156 Å².